The highest BCUT2D eigenvalue weighted by Crippen LogP contribution is 2.26. The van der Waals surface area contributed by atoms with Gasteiger partial charge in [-0.15, -0.1) is 0 Å². The van der Waals surface area contributed by atoms with Gasteiger partial charge in [-0.1, -0.05) is 65.7 Å². The van der Waals surface area contributed by atoms with Crippen LogP contribution in [-0.4, -0.2) is 11.1 Å². The second-order valence-electron chi connectivity index (χ2n) is 5.21. The number of carbonyl (C=O) groups is 1. The maximum Gasteiger partial charge on any atom is 0.306 e. The van der Waals surface area contributed by atoms with Gasteiger partial charge in [-0.25, -0.2) is 0 Å². The van der Waals surface area contributed by atoms with Crippen LogP contribution in [0.15, 0.2) is 0 Å². The van der Waals surface area contributed by atoms with Gasteiger partial charge in [-0.2, -0.15) is 0 Å². The molecule has 0 amide bonds. The van der Waals surface area contributed by atoms with Crippen LogP contribution in [0.1, 0.15) is 78.6 Å². The van der Waals surface area contributed by atoms with Gasteiger partial charge in [-0.3, -0.25) is 4.79 Å². The predicted molar refractivity (Wildman–Crippen MR) is 73.2 cm³/mol. The molecule has 0 saturated heterocycles. The minimum Gasteiger partial charge on any atom is -0.481 e. The summed E-state index contributed by atoms with van der Waals surface area (Å²) < 4.78 is 0. The summed E-state index contributed by atoms with van der Waals surface area (Å²) in [6, 6.07) is 0. The van der Waals surface area contributed by atoms with Crippen LogP contribution >= 0.6 is 0 Å². The number of hydrogen-bond donors (Lipinski definition) is 1. The Hall–Kier alpha value is -0.530. The third-order valence-electron chi connectivity index (χ3n) is 3.52. The quantitative estimate of drug-likeness (QED) is 0.525. The summed E-state index contributed by atoms with van der Waals surface area (Å²) in [4.78, 5) is 11.2. The Morgan fingerprint density at radius 1 is 0.941 bits per heavy atom. The van der Waals surface area contributed by atoms with Crippen molar-refractivity contribution in [3.8, 4) is 0 Å². The lowest BCUT2D eigenvalue weighted by Crippen LogP contribution is -2.18. The maximum atomic E-state index is 11.2. The van der Waals surface area contributed by atoms with Gasteiger partial charge < -0.3 is 5.11 Å². The molecule has 2 unspecified atom stereocenters. The molecule has 2 atom stereocenters. The highest BCUT2D eigenvalue weighted by molar-refractivity contribution is 5.69. The Bertz CT molecular complexity index is 189. The minimum atomic E-state index is -0.594. The van der Waals surface area contributed by atoms with Crippen molar-refractivity contribution >= 4 is 5.97 Å². The molecule has 0 aromatic carbocycles. The molecule has 0 radical (unpaired) electrons. The first-order valence-corrected chi connectivity index (χ1v) is 7.38. The maximum absolute atomic E-state index is 11.2. The van der Waals surface area contributed by atoms with Crippen molar-refractivity contribution in [2.45, 2.75) is 78.6 Å². The van der Waals surface area contributed by atoms with Crippen molar-refractivity contribution in [1.82, 2.24) is 0 Å². The summed E-state index contributed by atoms with van der Waals surface area (Å²) in [5.74, 6) is -0.0826. The van der Waals surface area contributed by atoms with Gasteiger partial charge in [0.05, 0.1) is 5.92 Å². The molecule has 1 N–H and O–H groups in total. The molecule has 0 rings (SSSR count). The monoisotopic (exact) mass is 242 g/mol. The normalized spacial score (nSPS) is 14.5. The van der Waals surface area contributed by atoms with Crippen LogP contribution in [0.4, 0.5) is 0 Å². The van der Waals surface area contributed by atoms with E-state index in [9.17, 15) is 9.90 Å². The van der Waals surface area contributed by atoms with Crippen molar-refractivity contribution in [3.05, 3.63) is 0 Å². The zero-order valence-corrected chi connectivity index (χ0v) is 11.9. The zero-order chi connectivity index (χ0) is 13.1. The number of carboxylic acids is 1. The fourth-order valence-corrected chi connectivity index (χ4v) is 2.56. The SMILES string of the molecule is CCCCCC(CCC)CC(CCC)C(=O)O. The van der Waals surface area contributed by atoms with Crippen LogP contribution in [0.2, 0.25) is 0 Å². The lowest BCUT2D eigenvalue weighted by molar-refractivity contribution is -0.142. The second-order valence-corrected chi connectivity index (χ2v) is 5.21. The molecule has 17 heavy (non-hydrogen) atoms. The van der Waals surface area contributed by atoms with E-state index in [1.54, 1.807) is 0 Å². The molecule has 2 heteroatoms. The summed E-state index contributed by atoms with van der Waals surface area (Å²) in [5, 5.41) is 9.19. The van der Waals surface area contributed by atoms with E-state index in [4.69, 9.17) is 0 Å². The molecule has 2 nitrogen and oxygen atoms in total. The van der Waals surface area contributed by atoms with E-state index in [1.165, 1.54) is 38.5 Å². The largest absolute Gasteiger partial charge is 0.481 e. The molecule has 0 aromatic heterocycles. The average molecular weight is 242 g/mol. The van der Waals surface area contributed by atoms with Crippen LogP contribution in [-0.2, 0) is 4.79 Å². The van der Waals surface area contributed by atoms with Crippen molar-refractivity contribution in [2.24, 2.45) is 11.8 Å². The molecule has 0 aliphatic heterocycles. The Labute approximate surface area is 107 Å². The highest BCUT2D eigenvalue weighted by Gasteiger charge is 2.21. The van der Waals surface area contributed by atoms with E-state index >= 15 is 0 Å². The van der Waals surface area contributed by atoms with Gasteiger partial charge in [0.2, 0.25) is 0 Å². The standard InChI is InChI=1S/C15H30O2/c1-4-7-8-11-13(9-5-2)12-14(10-6-3)15(16)17/h13-14H,4-12H2,1-3H3,(H,16,17). The van der Waals surface area contributed by atoms with Gasteiger partial charge in [0.15, 0.2) is 0 Å². The summed E-state index contributed by atoms with van der Waals surface area (Å²) in [7, 11) is 0. The van der Waals surface area contributed by atoms with Crippen molar-refractivity contribution < 1.29 is 9.90 Å². The lowest BCUT2D eigenvalue weighted by Gasteiger charge is -2.20. The Morgan fingerprint density at radius 2 is 1.59 bits per heavy atom. The highest BCUT2D eigenvalue weighted by atomic mass is 16.4. The van der Waals surface area contributed by atoms with Gasteiger partial charge in [0, 0.05) is 0 Å². The zero-order valence-electron chi connectivity index (χ0n) is 11.9. The molecular formula is C15H30O2. The number of aliphatic carboxylic acids is 1. The number of rotatable bonds is 11. The first-order chi connectivity index (χ1) is 8.15. The lowest BCUT2D eigenvalue weighted by atomic mass is 9.85. The predicted octanol–water partition coefficient (Wildman–Crippen LogP) is 4.87. The Balaban J connectivity index is 4.12. The topological polar surface area (TPSA) is 37.3 Å². The van der Waals surface area contributed by atoms with Gasteiger partial charge >= 0.3 is 5.97 Å². The second kappa shape index (κ2) is 10.6. The van der Waals surface area contributed by atoms with Crippen molar-refractivity contribution in [1.29, 1.82) is 0 Å². The van der Waals surface area contributed by atoms with Gasteiger partial charge in [0.25, 0.3) is 0 Å². The molecule has 0 aromatic rings. The molecule has 0 heterocycles. The number of unbranched alkanes of at least 4 members (excludes halogenated alkanes) is 2. The third-order valence-corrected chi connectivity index (χ3v) is 3.52. The summed E-state index contributed by atoms with van der Waals surface area (Å²) in [5.41, 5.74) is 0. The van der Waals surface area contributed by atoms with Crippen LogP contribution < -0.4 is 0 Å². The number of hydrogen-bond acceptors (Lipinski definition) is 1. The van der Waals surface area contributed by atoms with E-state index in [-0.39, 0.29) is 5.92 Å². The Kier molecular flexibility index (Phi) is 10.3. The average Bonchev–Trinajstić information content (AvgIpc) is 2.28. The first kappa shape index (κ1) is 16.5. The van der Waals surface area contributed by atoms with Crippen LogP contribution in [0.5, 0.6) is 0 Å². The molecule has 0 saturated carbocycles. The van der Waals surface area contributed by atoms with E-state index in [0.29, 0.717) is 5.92 Å². The molecule has 0 aliphatic rings. The minimum absolute atomic E-state index is 0.113. The summed E-state index contributed by atoms with van der Waals surface area (Å²) in [6.45, 7) is 6.48. The molecule has 0 bridgehead atoms. The fraction of sp³-hybridized carbons (Fsp3) is 0.933. The summed E-state index contributed by atoms with van der Waals surface area (Å²) in [6.07, 6.45) is 10.1. The van der Waals surface area contributed by atoms with E-state index in [2.05, 4.69) is 20.8 Å². The Morgan fingerprint density at radius 3 is 2.06 bits per heavy atom. The first-order valence-electron chi connectivity index (χ1n) is 7.38. The molecule has 0 aliphatic carbocycles. The van der Waals surface area contributed by atoms with Crippen LogP contribution in [0.25, 0.3) is 0 Å². The number of carboxylic acid groups (broad SMARTS) is 1. The van der Waals surface area contributed by atoms with Crippen molar-refractivity contribution in [2.75, 3.05) is 0 Å². The third kappa shape index (κ3) is 8.23. The summed E-state index contributed by atoms with van der Waals surface area (Å²) >= 11 is 0. The van der Waals surface area contributed by atoms with E-state index in [0.717, 1.165) is 19.3 Å². The van der Waals surface area contributed by atoms with Crippen LogP contribution in [0, 0.1) is 11.8 Å². The molecule has 0 spiro atoms. The van der Waals surface area contributed by atoms with E-state index < -0.39 is 5.97 Å². The molecule has 102 valence electrons. The fourth-order valence-electron chi connectivity index (χ4n) is 2.56. The van der Waals surface area contributed by atoms with Gasteiger partial charge in [0.1, 0.15) is 0 Å². The smallest absolute Gasteiger partial charge is 0.306 e. The van der Waals surface area contributed by atoms with Crippen molar-refractivity contribution in [3.63, 3.8) is 0 Å². The molecular weight excluding hydrogens is 212 g/mol. The van der Waals surface area contributed by atoms with Gasteiger partial charge in [-0.05, 0) is 18.8 Å². The molecule has 0 fully saturated rings. The van der Waals surface area contributed by atoms with Crippen LogP contribution in [0.3, 0.4) is 0 Å². The van der Waals surface area contributed by atoms with E-state index in [1.807, 2.05) is 0 Å².